The number of pyridine rings is 1. The molecule has 0 unspecified atom stereocenters. The third-order valence-electron chi connectivity index (χ3n) is 2.49. The van der Waals surface area contributed by atoms with Crippen molar-refractivity contribution in [3.05, 3.63) is 29.6 Å². The summed E-state index contributed by atoms with van der Waals surface area (Å²) in [7, 11) is 0. The average Bonchev–Trinajstić information content (AvgIpc) is 2.86. The maximum atomic E-state index is 5.46. The van der Waals surface area contributed by atoms with Crippen LogP contribution in [0.2, 0.25) is 0 Å². The number of terminal acetylenes is 1. The third-order valence-corrected chi connectivity index (χ3v) is 2.49. The summed E-state index contributed by atoms with van der Waals surface area (Å²) < 4.78 is 0. The predicted octanol–water partition coefficient (Wildman–Crippen LogP) is 2.05. The summed E-state index contributed by atoms with van der Waals surface area (Å²) in [4.78, 5) is 4.24. The Morgan fingerprint density at radius 2 is 2.25 bits per heavy atom. The van der Waals surface area contributed by atoms with Gasteiger partial charge in [0, 0.05) is 11.9 Å². The van der Waals surface area contributed by atoms with Crippen molar-refractivity contribution in [3.8, 4) is 12.3 Å². The standard InChI is InChI=1S/C11H11N/c1-3-11(6-7-11)10-5-4-9(2)12-8-10/h1,4-5,8H,6-7H2,2H3. The van der Waals surface area contributed by atoms with E-state index in [4.69, 9.17) is 6.42 Å². The minimum atomic E-state index is 0.0424. The number of rotatable bonds is 1. The van der Waals surface area contributed by atoms with Gasteiger partial charge in [-0.15, -0.1) is 6.42 Å². The smallest absolute Gasteiger partial charge is 0.0576 e. The Morgan fingerprint density at radius 3 is 2.67 bits per heavy atom. The van der Waals surface area contributed by atoms with Crippen LogP contribution < -0.4 is 0 Å². The molecular formula is C11H11N. The molecule has 0 spiro atoms. The summed E-state index contributed by atoms with van der Waals surface area (Å²) in [5.74, 6) is 2.85. The fourth-order valence-corrected chi connectivity index (χ4v) is 1.39. The van der Waals surface area contributed by atoms with Crippen LogP contribution in [0.15, 0.2) is 18.3 Å². The average molecular weight is 157 g/mol. The van der Waals surface area contributed by atoms with E-state index in [1.165, 1.54) is 5.56 Å². The molecule has 1 heteroatoms. The van der Waals surface area contributed by atoms with E-state index in [1.54, 1.807) is 0 Å². The number of aryl methyl sites for hydroxylation is 1. The Morgan fingerprint density at radius 1 is 1.50 bits per heavy atom. The van der Waals surface area contributed by atoms with Gasteiger partial charge in [0.15, 0.2) is 0 Å². The van der Waals surface area contributed by atoms with Crippen LogP contribution in [-0.4, -0.2) is 4.98 Å². The lowest BCUT2D eigenvalue weighted by atomic mass is 9.99. The molecule has 1 heterocycles. The first-order valence-corrected chi connectivity index (χ1v) is 4.18. The molecule has 1 aliphatic rings. The Balaban J connectivity index is 2.37. The number of hydrogen-bond acceptors (Lipinski definition) is 1. The summed E-state index contributed by atoms with van der Waals surface area (Å²) in [5, 5.41) is 0. The molecule has 1 saturated carbocycles. The largest absolute Gasteiger partial charge is 0.261 e. The van der Waals surface area contributed by atoms with Gasteiger partial charge in [0.2, 0.25) is 0 Å². The van der Waals surface area contributed by atoms with Crippen LogP contribution in [0.4, 0.5) is 0 Å². The van der Waals surface area contributed by atoms with Crippen LogP contribution in [0.1, 0.15) is 24.1 Å². The molecule has 0 aliphatic heterocycles. The zero-order valence-electron chi connectivity index (χ0n) is 7.17. The van der Waals surface area contributed by atoms with Crippen molar-refractivity contribution >= 4 is 0 Å². The van der Waals surface area contributed by atoms with Gasteiger partial charge in [0.1, 0.15) is 0 Å². The van der Waals surface area contributed by atoms with Crippen LogP contribution in [-0.2, 0) is 5.41 Å². The molecule has 60 valence electrons. The van der Waals surface area contributed by atoms with Gasteiger partial charge in [-0.1, -0.05) is 12.0 Å². The van der Waals surface area contributed by atoms with E-state index in [9.17, 15) is 0 Å². The van der Waals surface area contributed by atoms with Gasteiger partial charge in [-0.3, -0.25) is 4.98 Å². The third kappa shape index (κ3) is 1.00. The van der Waals surface area contributed by atoms with Crippen LogP contribution in [0.5, 0.6) is 0 Å². The molecule has 1 nitrogen and oxygen atoms in total. The maximum absolute atomic E-state index is 5.46. The molecule has 1 fully saturated rings. The minimum Gasteiger partial charge on any atom is -0.261 e. The molecule has 1 aromatic rings. The first-order chi connectivity index (χ1) is 5.77. The van der Waals surface area contributed by atoms with Crippen molar-refractivity contribution in [2.24, 2.45) is 0 Å². The minimum absolute atomic E-state index is 0.0424. The number of hydrogen-bond donors (Lipinski definition) is 0. The first-order valence-electron chi connectivity index (χ1n) is 4.18. The fraction of sp³-hybridized carbons (Fsp3) is 0.364. The van der Waals surface area contributed by atoms with Gasteiger partial charge in [0.25, 0.3) is 0 Å². The summed E-state index contributed by atoms with van der Waals surface area (Å²) in [5.41, 5.74) is 2.29. The zero-order chi connectivity index (χ0) is 8.60. The van der Waals surface area contributed by atoms with E-state index in [-0.39, 0.29) is 5.41 Å². The van der Waals surface area contributed by atoms with Gasteiger partial charge in [-0.25, -0.2) is 0 Å². The van der Waals surface area contributed by atoms with Gasteiger partial charge in [0.05, 0.1) is 5.41 Å². The highest BCUT2D eigenvalue weighted by molar-refractivity contribution is 5.39. The monoisotopic (exact) mass is 157 g/mol. The van der Waals surface area contributed by atoms with Crippen molar-refractivity contribution in [1.82, 2.24) is 4.98 Å². The van der Waals surface area contributed by atoms with Crippen molar-refractivity contribution in [3.63, 3.8) is 0 Å². The molecule has 2 rings (SSSR count). The molecule has 1 aromatic heterocycles. The normalized spacial score (nSPS) is 18.3. The summed E-state index contributed by atoms with van der Waals surface area (Å²) >= 11 is 0. The highest BCUT2D eigenvalue weighted by Crippen LogP contribution is 2.47. The molecular weight excluding hydrogens is 146 g/mol. The number of aromatic nitrogens is 1. The van der Waals surface area contributed by atoms with Crippen molar-refractivity contribution in [1.29, 1.82) is 0 Å². The second-order valence-corrected chi connectivity index (χ2v) is 3.41. The molecule has 0 radical (unpaired) electrons. The molecule has 1 aliphatic carbocycles. The van der Waals surface area contributed by atoms with Gasteiger partial charge < -0.3 is 0 Å². The van der Waals surface area contributed by atoms with E-state index in [0.29, 0.717) is 0 Å². The molecule has 0 atom stereocenters. The second-order valence-electron chi connectivity index (χ2n) is 3.41. The van der Waals surface area contributed by atoms with Crippen LogP contribution in [0.25, 0.3) is 0 Å². The SMILES string of the molecule is C#CC1(c2ccc(C)nc2)CC1. The molecule has 0 aromatic carbocycles. The first kappa shape index (κ1) is 7.36. The molecule has 0 amide bonds. The van der Waals surface area contributed by atoms with Gasteiger partial charge in [-0.2, -0.15) is 0 Å². The lowest BCUT2D eigenvalue weighted by molar-refractivity contribution is 0.912. The Labute approximate surface area is 72.8 Å². The highest BCUT2D eigenvalue weighted by Gasteiger charge is 2.42. The molecule has 12 heavy (non-hydrogen) atoms. The Bertz CT molecular complexity index is 325. The predicted molar refractivity (Wildman–Crippen MR) is 48.7 cm³/mol. The lowest BCUT2D eigenvalue weighted by Gasteiger charge is -2.06. The Kier molecular flexibility index (Phi) is 1.44. The van der Waals surface area contributed by atoms with E-state index >= 15 is 0 Å². The topological polar surface area (TPSA) is 12.9 Å². The quantitative estimate of drug-likeness (QED) is 0.568. The van der Waals surface area contributed by atoms with Crippen LogP contribution in [0, 0.1) is 19.3 Å². The molecule has 0 bridgehead atoms. The van der Waals surface area contributed by atoms with Crippen LogP contribution >= 0.6 is 0 Å². The summed E-state index contributed by atoms with van der Waals surface area (Å²) in [6, 6.07) is 4.11. The lowest BCUT2D eigenvalue weighted by Crippen LogP contribution is -2.02. The van der Waals surface area contributed by atoms with Crippen molar-refractivity contribution in [2.45, 2.75) is 25.2 Å². The molecule has 0 saturated heterocycles. The van der Waals surface area contributed by atoms with E-state index in [1.807, 2.05) is 19.2 Å². The summed E-state index contributed by atoms with van der Waals surface area (Å²) in [6.07, 6.45) is 9.60. The van der Waals surface area contributed by atoms with E-state index in [0.717, 1.165) is 18.5 Å². The molecule has 0 N–H and O–H groups in total. The fourth-order valence-electron chi connectivity index (χ4n) is 1.39. The van der Waals surface area contributed by atoms with Crippen molar-refractivity contribution in [2.75, 3.05) is 0 Å². The van der Waals surface area contributed by atoms with Gasteiger partial charge >= 0.3 is 0 Å². The van der Waals surface area contributed by atoms with Crippen molar-refractivity contribution < 1.29 is 0 Å². The van der Waals surface area contributed by atoms with E-state index < -0.39 is 0 Å². The second kappa shape index (κ2) is 2.35. The van der Waals surface area contributed by atoms with E-state index in [2.05, 4.69) is 17.0 Å². The van der Waals surface area contributed by atoms with Gasteiger partial charge in [-0.05, 0) is 31.4 Å². The Hall–Kier alpha value is -1.29. The highest BCUT2D eigenvalue weighted by atomic mass is 14.7. The maximum Gasteiger partial charge on any atom is 0.0576 e. The summed E-state index contributed by atoms with van der Waals surface area (Å²) in [6.45, 7) is 1.99. The zero-order valence-corrected chi connectivity index (χ0v) is 7.17. The number of nitrogens with zero attached hydrogens (tertiary/aromatic N) is 1. The van der Waals surface area contributed by atoms with Crippen LogP contribution in [0.3, 0.4) is 0 Å².